The fourth-order valence-corrected chi connectivity index (χ4v) is 2.84. The van der Waals surface area contributed by atoms with E-state index in [4.69, 9.17) is 10.2 Å². The molecule has 144 valence electrons. The summed E-state index contributed by atoms with van der Waals surface area (Å²) in [6.45, 7) is 3.67. The van der Waals surface area contributed by atoms with Gasteiger partial charge >= 0.3 is 17.9 Å². The lowest BCUT2D eigenvalue weighted by atomic mass is 9.81. The van der Waals surface area contributed by atoms with E-state index in [2.05, 4.69) is 6.58 Å². The second-order valence-electron chi connectivity index (χ2n) is 6.39. The van der Waals surface area contributed by atoms with E-state index in [9.17, 15) is 24.6 Å². The Morgan fingerprint density at radius 3 is 1.76 bits per heavy atom. The predicted molar refractivity (Wildman–Crippen MR) is 92.3 cm³/mol. The van der Waals surface area contributed by atoms with Gasteiger partial charge in [0.05, 0.1) is 12.3 Å². The Bertz CT molecular complexity index is 447. The number of carbonyl (C=O) groups is 3. The highest BCUT2D eigenvalue weighted by Gasteiger charge is 2.49. The fourth-order valence-electron chi connectivity index (χ4n) is 2.84. The summed E-state index contributed by atoms with van der Waals surface area (Å²) < 4.78 is 0. The average molecular weight is 358 g/mol. The first-order valence-corrected chi connectivity index (χ1v) is 8.77. The minimum absolute atomic E-state index is 0.0647. The molecule has 0 amide bonds. The van der Waals surface area contributed by atoms with Crippen LogP contribution in [0, 0.1) is 5.92 Å². The van der Waals surface area contributed by atoms with E-state index < -0.39 is 35.8 Å². The molecular weight excluding hydrogens is 328 g/mol. The van der Waals surface area contributed by atoms with Gasteiger partial charge in [-0.15, -0.1) is 6.58 Å². The molecule has 0 rings (SSSR count). The smallest absolute Gasteiger partial charge is 0.337 e. The van der Waals surface area contributed by atoms with Crippen molar-refractivity contribution in [3.63, 3.8) is 0 Å². The fraction of sp³-hybridized carbons (Fsp3) is 0.722. The van der Waals surface area contributed by atoms with Crippen molar-refractivity contribution in [1.29, 1.82) is 0 Å². The monoisotopic (exact) mass is 358 g/mol. The van der Waals surface area contributed by atoms with Crippen LogP contribution >= 0.6 is 0 Å². The molecule has 0 aromatic heterocycles. The standard InChI is InChI=1S/C18H30O7/c1-2-3-4-5-6-7-8-9-10-11-12-14(16(21)22)18(25,17(23)24)13-15(19)20/h2,14,25H,1,3-13H2,(H,19,20)(H,21,22)(H,23,24)/t14-,18+/m1/s1. The predicted octanol–water partition coefficient (Wildman–Crippen LogP) is 3.06. The zero-order chi connectivity index (χ0) is 19.3. The minimum atomic E-state index is -2.79. The minimum Gasteiger partial charge on any atom is -0.481 e. The number of hydrogen-bond acceptors (Lipinski definition) is 4. The lowest BCUT2D eigenvalue weighted by molar-refractivity contribution is -0.179. The van der Waals surface area contributed by atoms with E-state index in [1.807, 2.05) is 6.08 Å². The van der Waals surface area contributed by atoms with Crippen molar-refractivity contribution < 1.29 is 34.8 Å². The molecule has 0 aromatic rings. The molecule has 0 unspecified atom stereocenters. The Morgan fingerprint density at radius 2 is 1.36 bits per heavy atom. The summed E-state index contributed by atoms with van der Waals surface area (Å²) in [7, 11) is 0. The molecule has 25 heavy (non-hydrogen) atoms. The van der Waals surface area contributed by atoms with Crippen molar-refractivity contribution in [2.75, 3.05) is 0 Å². The lowest BCUT2D eigenvalue weighted by Crippen LogP contribution is -2.50. The molecule has 0 aliphatic rings. The van der Waals surface area contributed by atoms with E-state index >= 15 is 0 Å². The molecule has 0 spiro atoms. The molecule has 0 radical (unpaired) electrons. The number of hydrogen-bond donors (Lipinski definition) is 4. The highest BCUT2D eigenvalue weighted by atomic mass is 16.4. The third-order valence-corrected chi connectivity index (χ3v) is 4.32. The van der Waals surface area contributed by atoms with Crippen LogP contribution in [0.4, 0.5) is 0 Å². The largest absolute Gasteiger partial charge is 0.481 e. The van der Waals surface area contributed by atoms with Crippen molar-refractivity contribution >= 4 is 17.9 Å². The van der Waals surface area contributed by atoms with Crippen LogP contribution in [0.5, 0.6) is 0 Å². The first kappa shape index (κ1) is 23.1. The second kappa shape index (κ2) is 12.5. The molecular formula is C18H30O7. The van der Waals surface area contributed by atoms with Gasteiger partial charge in [0.2, 0.25) is 0 Å². The molecule has 0 aliphatic heterocycles. The van der Waals surface area contributed by atoms with Crippen LogP contribution in [0.2, 0.25) is 0 Å². The maximum atomic E-state index is 11.3. The summed E-state index contributed by atoms with van der Waals surface area (Å²) in [5, 5.41) is 37.1. The molecule has 0 saturated heterocycles. The third kappa shape index (κ3) is 9.24. The number of aliphatic hydroxyl groups is 1. The molecule has 7 heteroatoms. The van der Waals surface area contributed by atoms with Gasteiger partial charge in [-0.2, -0.15) is 0 Å². The summed E-state index contributed by atoms with van der Waals surface area (Å²) in [4.78, 5) is 33.3. The summed E-state index contributed by atoms with van der Waals surface area (Å²) >= 11 is 0. The summed E-state index contributed by atoms with van der Waals surface area (Å²) in [6, 6.07) is 0. The number of unbranched alkanes of at least 4 members (excludes halogenated alkanes) is 8. The van der Waals surface area contributed by atoms with Crippen LogP contribution in [-0.4, -0.2) is 43.9 Å². The van der Waals surface area contributed by atoms with Crippen molar-refractivity contribution in [3.05, 3.63) is 12.7 Å². The molecule has 0 fully saturated rings. The van der Waals surface area contributed by atoms with Crippen molar-refractivity contribution in [2.24, 2.45) is 5.92 Å². The van der Waals surface area contributed by atoms with Gasteiger partial charge in [0.25, 0.3) is 0 Å². The van der Waals surface area contributed by atoms with Gasteiger partial charge in [0, 0.05) is 0 Å². The highest BCUT2D eigenvalue weighted by molar-refractivity contribution is 5.89. The van der Waals surface area contributed by atoms with E-state index in [0.717, 1.165) is 51.4 Å². The molecule has 0 bridgehead atoms. The third-order valence-electron chi connectivity index (χ3n) is 4.32. The second-order valence-corrected chi connectivity index (χ2v) is 6.39. The maximum Gasteiger partial charge on any atom is 0.337 e. The van der Waals surface area contributed by atoms with E-state index in [1.165, 1.54) is 0 Å². The SMILES string of the molecule is C=CCCCCCCCCCC[C@H](C(=O)O)[C@@](O)(CC(=O)O)C(=O)O. The average Bonchev–Trinajstić information content (AvgIpc) is 2.51. The van der Waals surface area contributed by atoms with Crippen molar-refractivity contribution in [2.45, 2.75) is 76.2 Å². The van der Waals surface area contributed by atoms with Crippen molar-refractivity contribution in [1.82, 2.24) is 0 Å². The van der Waals surface area contributed by atoms with Crippen LogP contribution in [0.15, 0.2) is 12.7 Å². The number of carboxylic acids is 3. The number of aliphatic carboxylic acids is 3. The zero-order valence-corrected chi connectivity index (χ0v) is 14.7. The summed E-state index contributed by atoms with van der Waals surface area (Å²) in [5.74, 6) is -6.50. The first-order chi connectivity index (χ1) is 11.8. The van der Waals surface area contributed by atoms with Gasteiger partial charge in [-0.05, 0) is 19.3 Å². The quantitative estimate of drug-likeness (QED) is 0.246. The van der Waals surface area contributed by atoms with Gasteiger partial charge in [-0.1, -0.05) is 51.0 Å². The topological polar surface area (TPSA) is 132 Å². The number of carboxylic acid groups (broad SMARTS) is 3. The van der Waals surface area contributed by atoms with Crippen molar-refractivity contribution in [3.8, 4) is 0 Å². The molecule has 2 atom stereocenters. The molecule has 0 aromatic carbocycles. The first-order valence-electron chi connectivity index (χ1n) is 8.77. The molecule has 0 saturated carbocycles. The van der Waals surface area contributed by atoms with E-state index in [-0.39, 0.29) is 6.42 Å². The Kier molecular flexibility index (Phi) is 11.5. The van der Waals surface area contributed by atoms with Gasteiger partial charge in [0.1, 0.15) is 0 Å². The van der Waals surface area contributed by atoms with E-state index in [0.29, 0.717) is 6.42 Å². The van der Waals surface area contributed by atoms with Gasteiger partial charge in [-0.3, -0.25) is 9.59 Å². The van der Waals surface area contributed by atoms with Crippen LogP contribution in [0.25, 0.3) is 0 Å². The van der Waals surface area contributed by atoms with Gasteiger partial charge in [0.15, 0.2) is 5.60 Å². The highest BCUT2D eigenvalue weighted by Crippen LogP contribution is 2.28. The van der Waals surface area contributed by atoms with Crippen LogP contribution in [-0.2, 0) is 14.4 Å². The zero-order valence-electron chi connectivity index (χ0n) is 14.7. The van der Waals surface area contributed by atoms with Crippen LogP contribution in [0.3, 0.4) is 0 Å². The molecule has 0 heterocycles. The van der Waals surface area contributed by atoms with Gasteiger partial charge < -0.3 is 20.4 Å². The van der Waals surface area contributed by atoms with E-state index in [1.54, 1.807) is 0 Å². The Hall–Kier alpha value is -1.89. The Balaban J connectivity index is 4.24. The Morgan fingerprint density at radius 1 is 0.880 bits per heavy atom. The molecule has 0 aliphatic carbocycles. The molecule has 4 N–H and O–H groups in total. The summed E-state index contributed by atoms with van der Waals surface area (Å²) in [5.41, 5.74) is -2.79. The normalized spacial score (nSPS) is 14.4. The Labute approximate surface area is 148 Å². The van der Waals surface area contributed by atoms with Crippen LogP contribution in [0.1, 0.15) is 70.6 Å². The number of rotatable bonds is 16. The summed E-state index contributed by atoms with van der Waals surface area (Å²) in [6.07, 6.45) is 9.34. The number of allylic oxidation sites excluding steroid dienone is 1. The maximum absolute atomic E-state index is 11.3. The van der Waals surface area contributed by atoms with Gasteiger partial charge in [-0.25, -0.2) is 4.79 Å². The van der Waals surface area contributed by atoms with Crippen LogP contribution < -0.4 is 0 Å². The lowest BCUT2D eigenvalue weighted by Gasteiger charge is -2.28. The molecule has 7 nitrogen and oxygen atoms in total.